The Balaban J connectivity index is 3.57. The molecular weight excluding hydrogens is 1880 g/mol. The zero-order valence-electron chi connectivity index (χ0n) is 93.6. The molecule has 37 nitrogen and oxygen atoms in total. The average molecular weight is 2090 g/mol. The molecule has 1 N–H and O–H groups in total. The minimum Gasteiger partial charge on any atom is -0.463 e. The molecule has 0 amide bonds. The molecule has 17 unspecified atom stereocenters. The van der Waals surface area contributed by atoms with Crippen LogP contribution in [0, 0.1) is 0 Å². The van der Waals surface area contributed by atoms with E-state index in [4.69, 9.17) is 166 Å². The van der Waals surface area contributed by atoms with E-state index in [0.717, 1.165) is 77.2 Å². The molecule has 0 saturated carbocycles. The lowest BCUT2D eigenvalue weighted by Crippen LogP contribution is -2.31. The lowest BCUT2D eigenvalue weighted by Gasteiger charge is -2.24. The summed E-state index contributed by atoms with van der Waals surface area (Å²) in [6.07, 6.45) is 17.7. The Morgan fingerprint density at radius 2 is 0.375 bits per heavy atom. The highest BCUT2D eigenvalue weighted by atomic mass is 16.6. The third-order valence-electron chi connectivity index (χ3n) is 21.3. The smallest absolute Gasteiger partial charge is 0.305 e. The van der Waals surface area contributed by atoms with Crippen LogP contribution < -0.4 is 0 Å². The lowest BCUT2D eigenvalue weighted by atomic mass is 10.1. The van der Waals surface area contributed by atoms with Crippen molar-refractivity contribution < 1.29 is 176 Å². The molecule has 144 heavy (non-hydrogen) atoms. The highest BCUT2D eigenvalue weighted by Gasteiger charge is 2.21. The molecule has 0 aromatic heterocycles. The third-order valence-corrected chi connectivity index (χ3v) is 21.3. The average Bonchev–Trinajstić information content (AvgIpc) is 0.968. The number of rotatable bonds is 120. The predicted molar refractivity (Wildman–Crippen MR) is 553 cm³/mol. The number of ether oxygens (including phenoxy) is 35. The van der Waals surface area contributed by atoms with E-state index in [9.17, 15) is 9.90 Å². The molecule has 0 spiro atoms. The van der Waals surface area contributed by atoms with Crippen LogP contribution in [0.15, 0.2) is 12.2 Å². The Morgan fingerprint density at radius 3 is 0.604 bits per heavy atom. The van der Waals surface area contributed by atoms with Crippen LogP contribution in [0.25, 0.3) is 0 Å². The summed E-state index contributed by atoms with van der Waals surface area (Å²) in [6.45, 7) is 62.0. The molecule has 0 aromatic rings. The second-order valence-electron chi connectivity index (χ2n) is 36.9. The van der Waals surface area contributed by atoms with Crippen LogP contribution in [-0.2, 0) is 171 Å². The highest BCUT2D eigenvalue weighted by molar-refractivity contribution is 5.69. The number of carbonyl (C=O) groups excluding carboxylic acids is 1. The van der Waals surface area contributed by atoms with E-state index in [1.807, 2.05) is 118 Å². The summed E-state index contributed by atoms with van der Waals surface area (Å²) in [5.41, 5.74) is 0. The fourth-order valence-electron chi connectivity index (χ4n) is 12.5. The topological polar surface area (TPSA) is 360 Å². The molecule has 0 rings (SSSR count). The van der Waals surface area contributed by atoms with Crippen LogP contribution in [0.2, 0.25) is 0 Å². The summed E-state index contributed by atoms with van der Waals surface area (Å²) in [5, 5.41) is 10.1. The van der Waals surface area contributed by atoms with Crippen LogP contribution in [0.4, 0.5) is 0 Å². The number of unbranched alkanes of at least 4 members (excludes halogenated alkanes) is 9. The van der Waals surface area contributed by atoms with Crippen LogP contribution in [0.3, 0.4) is 0 Å². The van der Waals surface area contributed by atoms with Crippen LogP contribution >= 0.6 is 0 Å². The van der Waals surface area contributed by atoms with Gasteiger partial charge < -0.3 is 171 Å². The van der Waals surface area contributed by atoms with Crippen LogP contribution in [-0.4, -0.2) is 465 Å². The number of hydrogen-bond acceptors (Lipinski definition) is 37. The largest absolute Gasteiger partial charge is 0.463 e. The standard InChI is InChI=1S/C107H212O37/c1-20-22-24-31-34-106(108)35-32-29-27-25-26-28-30-33-36-107(109)128-71-69-125-67-65-123-63-61-121-59-57-119-55-53-117-51-49-115-47-45-113-43-41-111-39-38-110-40-42-112-44-46-114-48-50-116-52-54-118-56-58-120-60-62-122-64-66-124-68-70-127-90(4)73-130-92(6)75-132-94(8)77-134-96(10)79-136-98(12)81-138-100(14)83-140-102(16)85-142-104(18)87-144-105(19)88-143-103(17)86-141-101(15)84-139-99(13)82-137-97(11)80-135-95(9)78-133-93(7)76-131-91(5)74-129-89(3)72-126-37-23-21-2/h29,32,89-106,108H,20-28,30-31,33-88H2,1-19H3/b32-29-/t89?,90?,91?,92?,93?,94?,95?,96?,97?,98?,99?,100?,101?,102?,103?,104?,105?,106-/m1/s1. The molecule has 0 aliphatic heterocycles. The number of allylic oxidation sites excluding steroid dienone is 1. The van der Waals surface area contributed by atoms with Gasteiger partial charge in [-0.2, -0.15) is 0 Å². The van der Waals surface area contributed by atoms with Gasteiger partial charge in [0.15, 0.2) is 0 Å². The normalized spacial score (nSPS) is 16.0. The summed E-state index contributed by atoms with van der Waals surface area (Å²) < 4.78 is 202. The van der Waals surface area contributed by atoms with E-state index in [1.54, 1.807) is 0 Å². The van der Waals surface area contributed by atoms with E-state index >= 15 is 0 Å². The molecule has 0 aromatic carbocycles. The SMILES string of the molecule is CCCCCC[C@@H](O)C/C=C\CCCCCCCC(=O)OCCOCCOCCOCCOCCOCCOCCOCCOCCOCCOCCOCCOCCOCCOCCOCCOCCOC(C)COC(C)COC(C)COC(C)COC(C)COC(C)COC(C)COC(C)COC(C)COC(C)COC(C)COC(C)COC(C)COC(C)COC(C)COC(C)COC(C)COCCCC. The van der Waals surface area contributed by atoms with Crippen molar-refractivity contribution in [2.24, 2.45) is 0 Å². The van der Waals surface area contributed by atoms with Gasteiger partial charge >= 0.3 is 5.97 Å². The number of aliphatic hydroxyl groups is 1. The van der Waals surface area contributed by atoms with Gasteiger partial charge in [0.2, 0.25) is 0 Å². The fraction of sp³-hybridized carbons (Fsp3) is 0.972. The molecule has 0 radical (unpaired) electrons. The van der Waals surface area contributed by atoms with Gasteiger partial charge in [-0.1, -0.05) is 77.4 Å². The second kappa shape index (κ2) is 109. The molecule has 862 valence electrons. The maximum atomic E-state index is 12.0. The Kier molecular flexibility index (Phi) is 107. The van der Waals surface area contributed by atoms with E-state index in [2.05, 4.69) is 26.0 Å². The number of esters is 1. The zero-order chi connectivity index (χ0) is 106. The first-order chi connectivity index (χ1) is 69.9. The lowest BCUT2D eigenvalue weighted by molar-refractivity contribution is -0.145. The minimum atomic E-state index is -0.210. The summed E-state index contributed by atoms with van der Waals surface area (Å²) in [6, 6.07) is 0. The molecule has 0 aliphatic carbocycles. The van der Waals surface area contributed by atoms with Crippen molar-refractivity contribution in [3.8, 4) is 0 Å². The van der Waals surface area contributed by atoms with Crippen molar-refractivity contribution in [3.63, 3.8) is 0 Å². The Bertz CT molecular complexity index is 2580. The first-order valence-electron chi connectivity index (χ1n) is 54.7. The summed E-state index contributed by atoms with van der Waals surface area (Å²) in [4.78, 5) is 12.0. The summed E-state index contributed by atoms with van der Waals surface area (Å²) in [7, 11) is 0. The highest BCUT2D eigenvalue weighted by Crippen LogP contribution is 2.15. The van der Waals surface area contributed by atoms with Crippen molar-refractivity contribution >= 4 is 5.97 Å². The van der Waals surface area contributed by atoms with Gasteiger partial charge in [0.25, 0.3) is 0 Å². The van der Waals surface area contributed by atoms with Crippen LogP contribution in [0.5, 0.6) is 0 Å². The monoisotopic (exact) mass is 2090 g/mol. The molecule has 0 heterocycles. The van der Waals surface area contributed by atoms with Gasteiger partial charge in [0.05, 0.1) is 440 Å². The molecule has 0 aliphatic rings. The van der Waals surface area contributed by atoms with E-state index in [-0.39, 0.29) is 122 Å². The van der Waals surface area contributed by atoms with E-state index in [0.29, 0.717) is 337 Å². The first kappa shape index (κ1) is 142. The van der Waals surface area contributed by atoms with Gasteiger partial charge in [-0.3, -0.25) is 4.79 Å². The maximum Gasteiger partial charge on any atom is 0.305 e. The molecule has 0 fully saturated rings. The molecular formula is C107H212O37. The molecule has 18 atom stereocenters. The van der Waals surface area contributed by atoms with Gasteiger partial charge in [-0.05, 0) is 156 Å². The van der Waals surface area contributed by atoms with Crippen molar-refractivity contribution in [1.82, 2.24) is 0 Å². The quantitative estimate of drug-likeness (QED) is 0.0336. The maximum absolute atomic E-state index is 12.0. The first-order valence-corrected chi connectivity index (χ1v) is 54.7. The molecule has 0 bridgehead atoms. The molecule has 0 saturated heterocycles. The predicted octanol–water partition coefficient (Wildman–Crippen LogP) is 13.5. The number of hydrogen-bond donors (Lipinski definition) is 1. The van der Waals surface area contributed by atoms with Crippen molar-refractivity contribution in [2.75, 3.05) is 344 Å². The third kappa shape index (κ3) is 108. The van der Waals surface area contributed by atoms with E-state index in [1.165, 1.54) is 19.3 Å². The second-order valence-corrected chi connectivity index (χ2v) is 36.9. The Hall–Kier alpha value is -2.19. The number of aliphatic hydroxyl groups excluding tert-OH is 1. The fourth-order valence-corrected chi connectivity index (χ4v) is 12.5. The van der Waals surface area contributed by atoms with Crippen molar-refractivity contribution in [2.45, 2.75) is 338 Å². The van der Waals surface area contributed by atoms with Crippen molar-refractivity contribution in [3.05, 3.63) is 12.2 Å². The molecule has 37 heteroatoms. The van der Waals surface area contributed by atoms with Crippen LogP contribution in [0.1, 0.15) is 228 Å². The van der Waals surface area contributed by atoms with E-state index < -0.39 is 0 Å². The van der Waals surface area contributed by atoms with Gasteiger partial charge in [-0.15, -0.1) is 0 Å². The minimum absolute atomic E-state index is 0.0307. The Morgan fingerprint density at radius 1 is 0.188 bits per heavy atom. The summed E-state index contributed by atoms with van der Waals surface area (Å²) in [5.74, 6) is -0.175. The summed E-state index contributed by atoms with van der Waals surface area (Å²) >= 11 is 0. The van der Waals surface area contributed by atoms with Gasteiger partial charge in [-0.25, -0.2) is 0 Å². The van der Waals surface area contributed by atoms with Gasteiger partial charge in [0, 0.05) is 13.0 Å². The number of carbonyl (C=O) groups is 1. The Labute approximate surface area is 871 Å². The zero-order valence-corrected chi connectivity index (χ0v) is 93.6. The van der Waals surface area contributed by atoms with Gasteiger partial charge in [0.1, 0.15) is 6.61 Å². The van der Waals surface area contributed by atoms with Crippen molar-refractivity contribution in [1.29, 1.82) is 0 Å².